The van der Waals surface area contributed by atoms with Crippen molar-refractivity contribution < 1.29 is 9.32 Å². The molecule has 0 aromatic carbocycles. The maximum Gasteiger partial charge on any atom is 0.259 e. The van der Waals surface area contributed by atoms with E-state index in [0.717, 1.165) is 42.7 Å². The molecule has 0 aliphatic carbocycles. The third-order valence-corrected chi connectivity index (χ3v) is 5.76. The lowest BCUT2D eigenvalue weighted by Gasteiger charge is -2.20. The minimum absolute atomic E-state index is 0.0262. The number of carbonyl (C=O) groups is 1. The Morgan fingerprint density at radius 2 is 2.08 bits per heavy atom. The monoisotopic (exact) mass is 370 g/mol. The molecular formula is C19H22N4O2S. The number of carbonyl (C=O) groups excluding carboxylic acids is 1. The van der Waals surface area contributed by atoms with Gasteiger partial charge >= 0.3 is 0 Å². The molecule has 1 N–H and O–H groups in total. The predicted molar refractivity (Wildman–Crippen MR) is 103 cm³/mol. The van der Waals surface area contributed by atoms with Crippen molar-refractivity contribution in [2.24, 2.45) is 0 Å². The number of rotatable bonds is 2. The van der Waals surface area contributed by atoms with E-state index in [0.29, 0.717) is 23.5 Å². The van der Waals surface area contributed by atoms with Crippen molar-refractivity contribution in [2.75, 3.05) is 26.2 Å². The van der Waals surface area contributed by atoms with Gasteiger partial charge in [0.2, 0.25) is 0 Å². The number of pyridine rings is 1. The van der Waals surface area contributed by atoms with E-state index in [1.807, 2.05) is 17.9 Å². The highest BCUT2D eigenvalue weighted by Gasteiger charge is 2.24. The molecule has 0 radical (unpaired) electrons. The van der Waals surface area contributed by atoms with Crippen molar-refractivity contribution in [1.29, 1.82) is 0 Å². The van der Waals surface area contributed by atoms with Crippen LogP contribution in [0.15, 0.2) is 16.7 Å². The minimum Gasteiger partial charge on any atom is -0.337 e. The largest absolute Gasteiger partial charge is 0.337 e. The topological polar surface area (TPSA) is 71.3 Å². The predicted octanol–water partition coefficient (Wildman–Crippen LogP) is 3.31. The fourth-order valence-electron chi connectivity index (χ4n) is 3.51. The van der Waals surface area contributed by atoms with Gasteiger partial charge in [-0.3, -0.25) is 4.79 Å². The average Bonchev–Trinajstić information content (AvgIpc) is 3.03. The van der Waals surface area contributed by atoms with Gasteiger partial charge in [-0.2, -0.15) is 0 Å². The molecule has 1 aliphatic heterocycles. The van der Waals surface area contributed by atoms with Gasteiger partial charge in [0.1, 0.15) is 0 Å². The summed E-state index contributed by atoms with van der Waals surface area (Å²) in [5.74, 6) is 0.0262. The second kappa shape index (κ2) is 6.81. The molecule has 0 spiro atoms. The summed E-state index contributed by atoms with van der Waals surface area (Å²) in [6, 6.07) is 4.02. The summed E-state index contributed by atoms with van der Waals surface area (Å²) in [5.41, 5.74) is 3.59. The van der Waals surface area contributed by atoms with Crippen LogP contribution in [-0.4, -0.2) is 47.1 Å². The molecule has 1 aliphatic rings. The Morgan fingerprint density at radius 3 is 2.85 bits per heavy atom. The average molecular weight is 370 g/mol. The zero-order valence-electron chi connectivity index (χ0n) is 15.3. The van der Waals surface area contributed by atoms with E-state index in [9.17, 15) is 4.79 Å². The molecule has 0 unspecified atom stereocenters. The summed E-state index contributed by atoms with van der Waals surface area (Å²) in [4.78, 5) is 22.3. The van der Waals surface area contributed by atoms with E-state index in [-0.39, 0.29) is 5.91 Å². The molecule has 0 saturated carbocycles. The fourth-order valence-corrected chi connectivity index (χ4v) is 4.44. The summed E-state index contributed by atoms with van der Waals surface area (Å²) in [7, 11) is 0. The molecule has 0 atom stereocenters. The maximum absolute atomic E-state index is 13.3. The second-order valence-corrected chi connectivity index (χ2v) is 8.19. The van der Waals surface area contributed by atoms with Crippen LogP contribution in [0.3, 0.4) is 0 Å². The fraction of sp³-hybridized carbons (Fsp3) is 0.421. The van der Waals surface area contributed by atoms with Crippen LogP contribution in [0.2, 0.25) is 0 Å². The molecule has 4 heterocycles. The zero-order valence-corrected chi connectivity index (χ0v) is 16.1. The van der Waals surface area contributed by atoms with Gasteiger partial charge in [-0.05, 0) is 45.9 Å². The highest BCUT2D eigenvalue weighted by molar-refractivity contribution is 7.12. The Labute approximate surface area is 156 Å². The smallest absolute Gasteiger partial charge is 0.259 e. The number of aryl methyl sites for hydroxylation is 3. The number of fused-ring (bicyclic) bond motifs is 1. The highest BCUT2D eigenvalue weighted by Crippen LogP contribution is 2.33. The lowest BCUT2D eigenvalue weighted by atomic mass is 10.0. The van der Waals surface area contributed by atoms with E-state index >= 15 is 0 Å². The van der Waals surface area contributed by atoms with Crippen LogP contribution in [-0.2, 0) is 0 Å². The summed E-state index contributed by atoms with van der Waals surface area (Å²) in [5, 5.41) is 8.11. The normalized spacial score (nSPS) is 15.4. The summed E-state index contributed by atoms with van der Waals surface area (Å²) >= 11 is 1.73. The number of amides is 1. The van der Waals surface area contributed by atoms with Crippen molar-refractivity contribution in [1.82, 2.24) is 20.4 Å². The summed E-state index contributed by atoms with van der Waals surface area (Å²) in [6.07, 6.45) is 0.957. The first kappa shape index (κ1) is 17.2. The van der Waals surface area contributed by atoms with E-state index in [1.165, 1.54) is 9.75 Å². The lowest BCUT2D eigenvalue weighted by molar-refractivity contribution is 0.0768. The highest BCUT2D eigenvalue weighted by atomic mass is 32.1. The Morgan fingerprint density at radius 1 is 1.23 bits per heavy atom. The van der Waals surface area contributed by atoms with Crippen molar-refractivity contribution in [3.63, 3.8) is 0 Å². The number of aromatic nitrogens is 2. The first-order valence-electron chi connectivity index (χ1n) is 8.89. The van der Waals surface area contributed by atoms with E-state index in [4.69, 9.17) is 4.52 Å². The molecular weight excluding hydrogens is 348 g/mol. The summed E-state index contributed by atoms with van der Waals surface area (Å²) < 4.78 is 5.42. The Balaban J connectivity index is 1.85. The number of hydrogen-bond donors (Lipinski definition) is 1. The SMILES string of the molecule is Cc1cc(-c2cc(C(=O)N3CCCNCC3)c3c(C)noc3n2)c(C)s1. The third-order valence-electron chi connectivity index (χ3n) is 4.79. The van der Waals surface area contributed by atoms with Crippen LogP contribution < -0.4 is 5.32 Å². The molecule has 7 heteroatoms. The Bertz CT molecular complexity index is 967. The number of thiophene rings is 1. The zero-order chi connectivity index (χ0) is 18.3. The van der Waals surface area contributed by atoms with Crippen molar-refractivity contribution >= 4 is 28.3 Å². The van der Waals surface area contributed by atoms with E-state index < -0.39 is 0 Å². The van der Waals surface area contributed by atoms with Crippen molar-refractivity contribution in [2.45, 2.75) is 27.2 Å². The van der Waals surface area contributed by atoms with Gasteiger partial charge in [-0.25, -0.2) is 4.98 Å². The molecule has 0 bridgehead atoms. The lowest BCUT2D eigenvalue weighted by Crippen LogP contribution is -2.34. The van der Waals surface area contributed by atoms with Crippen LogP contribution in [0.1, 0.15) is 32.2 Å². The molecule has 4 rings (SSSR count). The van der Waals surface area contributed by atoms with E-state index in [2.05, 4.69) is 35.4 Å². The van der Waals surface area contributed by atoms with Crippen molar-refractivity contribution in [3.8, 4) is 11.3 Å². The second-order valence-electron chi connectivity index (χ2n) is 6.73. The van der Waals surface area contributed by atoms with E-state index in [1.54, 1.807) is 11.3 Å². The Kier molecular flexibility index (Phi) is 4.50. The molecule has 1 fully saturated rings. The number of nitrogens with zero attached hydrogens (tertiary/aromatic N) is 3. The van der Waals surface area contributed by atoms with Crippen LogP contribution in [0.4, 0.5) is 0 Å². The molecule has 3 aromatic heterocycles. The molecule has 26 heavy (non-hydrogen) atoms. The first-order valence-corrected chi connectivity index (χ1v) is 9.70. The van der Waals surface area contributed by atoms with Gasteiger partial charge in [-0.1, -0.05) is 5.16 Å². The third kappa shape index (κ3) is 3.01. The van der Waals surface area contributed by atoms with Gasteiger partial charge in [0.05, 0.1) is 22.3 Å². The Hall–Kier alpha value is -2.25. The van der Waals surface area contributed by atoms with Crippen LogP contribution in [0.25, 0.3) is 22.4 Å². The molecule has 6 nitrogen and oxygen atoms in total. The number of hydrogen-bond acceptors (Lipinski definition) is 6. The van der Waals surface area contributed by atoms with Gasteiger partial charge in [-0.15, -0.1) is 11.3 Å². The molecule has 1 saturated heterocycles. The molecule has 3 aromatic rings. The maximum atomic E-state index is 13.3. The first-order chi connectivity index (χ1) is 12.5. The number of nitrogens with one attached hydrogen (secondary N) is 1. The minimum atomic E-state index is 0.0262. The van der Waals surface area contributed by atoms with Gasteiger partial charge in [0.15, 0.2) is 0 Å². The van der Waals surface area contributed by atoms with Crippen LogP contribution in [0.5, 0.6) is 0 Å². The van der Waals surface area contributed by atoms with Crippen LogP contribution in [0, 0.1) is 20.8 Å². The quantitative estimate of drug-likeness (QED) is 0.749. The van der Waals surface area contributed by atoms with Gasteiger partial charge in [0, 0.05) is 35.0 Å². The van der Waals surface area contributed by atoms with Gasteiger partial charge < -0.3 is 14.7 Å². The van der Waals surface area contributed by atoms with Crippen molar-refractivity contribution in [3.05, 3.63) is 33.1 Å². The van der Waals surface area contributed by atoms with Crippen LogP contribution >= 0.6 is 11.3 Å². The standard InChI is InChI=1S/C19H22N4O2S/c1-11-9-14(13(3)26-11)16-10-15(17-12(2)22-25-18(17)21-16)19(24)23-7-4-5-20-6-8-23/h9-10,20H,4-8H2,1-3H3. The molecule has 1 amide bonds. The molecule has 136 valence electrons. The van der Waals surface area contributed by atoms with Gasteiger partial charge in [0.25, 0.3) is 11.6 Å². The summed E-state index contributed by atoms with van der Waals surface area (Å²) in [6.45, 7) is 9.23.